The molecule has 0 amide bonds. The summed E-state index contributed by atoms with van der Waals surface area (Å²) in [7, 11) is 0. The summed E-state index contributed by atoms with van der Waals surface area (Å²) in [6, 6.07) is 4.37. The van der Waals surface area contributed by atoms with E-state index in [2.05, 4.69) is 18.0 Å². The van der Waals surface area contributed by atoms with E-state index in [1.807, 2.05) is 12.3 Å². The van der Waals surface area contributed by atoms with E-state index in [9.17, 15) is 0 Å². The Hall–Kier alpha value is -1.09. The fourth-order valence-corrected chi connectivity index (χ4v) is 1.79. The van der Waals surface area contributed by atoms with Crippen LogP contribution in [0.15, 0.2) is 18.3 Å². The van der Waals surface area contributed by atoms with Gasteiger partial charge in [0.25, 0.3) is 0 Å². The normalized spacial score (nSPS) is 24.7. The molecule has 3 heteroatoms. The Morgan fingerprint density at radius 1 is 1.47 bits per heavy atom. The minimum atomic E-state index is 0.282. The summed E-state index contributed by atoms with van der Waals surface area (Å²) in [6.07, 6.45) is 6.33. The Kier molecular flexibility index (Phi) is 3.21. The molecule has 2 rings (SSSR count). The molecule has 0 aliphatic heterocycles. The van der Waals surface area contributed by atoms with Crippen LogP contribution in [0, 0.1) is 0 Å². The van der Waals surface area contributed by atoms with Crippen LogP contribution in [0.25, 0.3) is 0 Å². The summed E-state index contributed by atoms with van der Waals surface area (Å²) >= 11 is 0. The van der Waals surface area contributed by atoms with Gasteiger partial charge in [-0.25, -0.2) is 4.98 Å². The van der Waals surface area contributed by atoms with Crippen molar-refractivity contribution in [3.63, 3.8) is 0 Å². The standard InChI is InChI=1S/C12H18N2O/c1-2-3-9-4-5-12(14-8-9)15-11-6-10(13)7-11/h4-5,8,10-11H,2-3,6-7,13H2,1H3. The molecule has 1 fully saturated rings. The van der Waals surface area contributed by atoms with Crippen molar-refractivity contribution in [2.24, 2.45) is 5.73 Å². The number of hydrogen-bond donors (Lipinski definition) is 1. The van der Waals surface area contributed by atoms with Crippen molar-refractivity contribution in [1.82, 2.24) is 4.98 Å². The molecule has 3 nitrogen and oxygen atoms in total. The first-order valence-corrected chi connectivity index (χ1v) is 5.65. The minimum Gasteiger partial charge on any atom is -0.474 e. The van der Waals surface area contributed by atoms with Crippen LogP contribution in [-0.4, -0.2) is 17.1 Å². The number of hydrogen-bond acceptors (Lipinski definition) is 3. The summed E-state index contributed by atoms with van der Waals surface area (Å²) in [6.45, 7) is 2.17. The number of nitrogens with zero attached hydrogens (tertiary/aromatic N) is 1. The van der Waals surface area contributed by atoms with E-state index >= 15 is 0 Å². The molecule has 0 bridgehead atoms. The van der Waals surface area contributed by atoms with Gasteiger partial charge in [0.1, 0.15) is 6.10 Å². The molecule has 0 atom stereocenters. The van der Waals surface area contributed by atoms with Crippen LogP contribution in [0.4, 0.5) is 0 Å². The molecule has 0 unspecified atom stereocenters. The Morgan fingerprint density at radius 3 is 2.80 bits per heavy atom. The first kappa shape index (κ1) is 10.4. The van der Waals surface area contributed by atoms with Crippen molar-refractivity contribution in [2.75, 3.05) is 0 Å². The maximum absolute atomic E-state index is 5.69. The summed E-state index contributed by atoms with van der Waals surface area (Å²) in [5, 5.41) is 0. The number of aromatic nitrogens is 1. The molecule has 1 aliphatic rings. The smallest absolute Gasteiger partial charge is 0.213 e. The van der Waals surface area contributed by atoms with Crippen molar-refractivity contribution in [3.05, 3.63) is 23.9 Å². The Balaban J connectivity index is 1.87. The van der Waals surface area contributed by atoms with Crippen molar-refractivity contribution in [3.8, 4) is 5.88 Å². The van der Waals surface area contributed by atoms with E-state index in [0.29, 0.717) is 6.04 Å². The lowest BCUT2D eigenvalue weighted by Crippen LogP contribution is -2.43. The number of pyridine rings is 1. The molecule has 0 spiro atoms. The molecular formula is C12H18N2O. The van der Waals surface area contributed by atoms with E-state index < -0.39 is 0 Å². The van der Waals surface area contributed by atoms with Crippen LogP contribution in [0.3, 0.4) is 0 Å². The van der Waals surface area contributed by atoms with Gasteiger partial charge in [-0.2, -0.15) is 0 Å². The Bertz CT molecular complexity index is 304. The zero-order chi connectivity index (χ0) is 10.7. The van der Waals surface area contributed by atoms with Gasteiger partial charge in [-0.1, -0.05) is 19.4 Å². The predicted molar refractivity (Wildman–Crippen MR) is 59.9 cm³/mol. The minimum absolute atomic E-state index is 0.282. The molecule has 1 aromatic rings. The molecule has 0 saturated heterocycles. The average molecular weight is 206 g/mol. The maximum atomic E-state index is 5.69. The molecule has 1 aromatic heterocycles. The zero-order valence-corrected chi connectivity index (χ0v) is 9.15. The van der Waals surface area contributed by atoms with E-state index in [4.69, 9.17) is 10.5 Å². The highest BCUT2D eigenvalue weighted by Gasteiger charge is 2.27. The summed E-state index contributed by atoms with van der Waals surface area (Å²) < 4.78 is 5.66. The second-order valence-corrected chi connectivity index (χ2v) is 4.23. The third kappa shape index (κ3) is 2.69. The van der Waals surface area contributed by atoms with Crippen LogP contribution in [0.2, 0.25) is 0 Å². The Labute approximate surface area is 90.7 Å². The van der Waals surface area contributed by atoms with E-state index in [1.165, 1.54) is 5.56 Å². The molecular weight excluding hydrogens is 188 g/mol. The lowest BCUT2D eigenvalue weighted by molar-refractivity contribution is 0.0958. The molecule has 2 N–H and O–H groups in total. The SMILES string of the molecule is CCCc1ccc(OC2CC(N)C2)nc1. The van der Waals surface area contributed by atoms with Crippen LogP contribution in [0.5, 0.6) is 5.88 Å². The van der Waals surface area contributed by atoms with Crippen molar-refractivity contribution in [1.29, 1.82) is 0 Å². The Morgan fingerprint density at radius 2 is 2.27 bits per heavy atom. The van der Waals surface area contributed by atoms with E-state index in [1.54, 1.807) is 0 Å². The summed E-state index contributed by atoms with van der Waals surface area (Å²) in [5.74, 6) is 0.728. The van der Waals surface area contributed by atoms with Gasteiger partial charge in [-0.3, -0.25) is 0 Å². The highest BCUT2D eigenvalue weighted by Crippen LogP contribution is 2.23. The predicted octanol–water partition coefficient (Wildman–Crippen LogP) is 1.90. The lowest BCUT2D eigenvalue weighted by Gasteiger charge is -2.32. The van der Waals surface area contributed by atoms with Gasteiger partial charge in [0, 0.05) is 18.3 Å². The third-order valence-corrected chi connectivity index (χ3v) is 2.75. The quantitative estimate of drug-likeness (QED) is 0.818. The monoisotopic (exact) mass is 206 g/mol. The third-order valence-electron chi connectivity index (χ3n) is 2.75. The molecule has 1 aliphatic carbocycles. The molecule has 0 radical (unpaired) electrons. The topological polar surface area (TPSA) is 48.1 Å². The van der Waals surface area contributed by atoms with Crippen LogP contribution in [-0.2, 0) is 6.42 Å². The lowest BCUT2D eigenvalue weighted by atomic mass is 9.90. The number of aryl methyl sites for hydroxylation is 1. The number of ether oxygens (including phenoxy) is 1. The van der Waals surface area contributed by atoms with Crippen molar-refractivity contribution < 1.29 is 4.74 Å². The van der Waals surface area contributed by atoms with Gasteiger partial charge in [0.05, 0.1) is 0 Å². The summed E-state index contributed by atoms with van der Waals surface area (Å²) in [4.78, 5) is 4.28. The van der Waals surface area contributed by atoms with Gasteiger partial charge in [0.2, 0.25) is 5.88 Å². The van der Waals surface area contributed by atoms with Gasteiger partial charge >= 0.3 is 0 Å². The first-order chi connectivity index (χ1) is 7.28. The second kappa shape index (κ2) is 4.62. The fourth-order valence-electron chi connectivity index (χ4n) is 1.79. The van der Waals surface area contributed by atoms with Crippen molar-refractivity contribution in [2.45, 2.75) is 44.8 Å². The highest BCUT2D eigenvalue weighted by molar-refractivity contribution is 5.18. The van der Waals surface area contributed by atoms with Gasteiger partial charge in [-0.05, 0) is 24.8 Å². The van der Waals surface area contributed by atoms with E-state index in [0.717, 1.165) is 31.6 Å². The van der Waals surface area contributed by atoms with Gasteiger partial charge in [-0.15, -0.1) is 0 Å². The fraction of sp³-hybridized carbons (Fsp3) is 0.583. The largest absolute Gasteiger partial charge is 0.474 e. The van der Waals surface area contributed by atoms with Gasteiger partial charge in [0.15, 0.2) is 0 Å². The zero-order valence-electron chi connectivity index (χ0n) is 9.15. The van der Waals surface area contributed by atoms with Crippen molar-refractivity contribution >= 4 is 0 Å². The molecule has 0 aromatic carbocycles. The number of nitrogens with two attached hydrogens (primary N) is 1. The van der Waals surface area contributed by atoms with E-state index in [-0.39, 0.29) is 6.10 Å². The van der Waals surface area contributed by atoms with Crippen LogP contribution in [0.1, 0.15) is 31.7 Å². The first-order valence-electron chi connectivity index (χ1n) is 5.65. The van der Waals surface area contributed by atoms with Crippen LogP contribution >= 0.6 is 0 Å². The second-order valence-electron chi connectivity index (χ2n) is 4.23. The molecule has 1 saturated carbocycles. The maximum Gasteiger partial charge on any atom is 0.213 e. The molecule has 82 valence electrons. The van der Waals surface area contributed by atoms with Crippen LogP contribution < -0.4 is 10.5 Å². The average Bonchev–Trinajstić information content (AvgIpc) is 2.19. The highest BCUT2D eigenvalue weighted by atomic mass is 16.5. The van der Waals surface area contributed by atoms with Gasteiger partial charge < -0.3 is 10.5 Å². The number of rotatable bonds is 4. The molecule has 15 heavy (non-hydrogen) atoms. The molecule has 1 heterocycles. The summed E-state index contributed by atoms with van der Waals surface area (Å²) in [5.41, 5.74) is 6.96.